The van der Waals surface area contributed by atoms with Gasteiger partial charge in [0.25, 0.3) is 0 Å². The minimum atomic E-state index is -0.269. The van der Waals surface area contributed by atoms with Crippen molar-refractivity contribution in [3.05, 3.63) is 35.6 Å². The monoisotopic (exact) mass is 392 g/mol. The first kappa shape index (κ1) is 20.5. The number of hydrogen-bond acceptors (Lipinski definition) is 4. The van der Waals surface area contributed by atoms with E-state index in [0.717, 1.165) is 24.9 Å². The molecule has 1 aromatic rings. The summed E-state index contributed by atoms with van der Waals surface area (Å²) in [5.74, 6) is -0.142. The summed E-state index contributed by atoms with van der Waals surface area (Å²) in [6, 6.07) is 6.10. The molecule has 0 aliphatic carbocycles. The number of likely N-dealkylation sites (tertiary alicyclic amines) is 1. The Morgan fingerprint density at radius 1 is 1.18 bits per heavy atom. The summed E-state index contributed by atoms with van der Waals surface area (Å²) in [6.45, 7) is 5.01. The van der Waals surface area contributed by atoms with E-state index in [1.807, 2.05) is 9.80 Å². The van der Waals surface area contributed by atoms with Crippen molar-refractivity contribution in [2.24, 2.45) is 0 Å². The Kier molecular flexibility index (Phi) is 7.22. The van der Waals surface area contributed by atoms with Crippen LogP contribution >= 0.6 is 0 Å². The lowest BCUT2D eigenvalue weighted by Crippen LogP contribution is -2.45. The highest BCUT2D eigenvalue weighted by molar-refractivity contribution is 5.84. The van der Waals surface area contributed by atoms with Crippen molar-refractivity contribution < 1.29 is 18.7 Å². The topological polar surface area (TPSA) is 65.1 Å². The lowest BCUT2D eigenvalue weighted by atomic mass is 10.2. The molecular weight excluding hydrogens is 363 g/mol. The molecule has 2 fully saturated rings. The van der Waals surface area contributed by atoms with Gasteiger partial charge in [0, 0.05) is 52.9 Å². The lowest BCUT2D eigenvalue weighted by molar-refractivity contribution is -0.132. The number of rotatable bonds is 6. The fourth-order valence-corrected chi connectivity index (χ4v) is 3.85. The Balaban J connectivity index is 1.51. The number of halogens is 1. The normalized spacial score (nSPS) is 21.1. The fraction of sp³-hybridized carbons (Fsp3) is 0.600. The standard InChI is InChI=1S/C20H29FN4O3/c1-28-14-8-22-20(27)24-10-2-9-23(12-13-24)18-7-11-25(19(18)26)15-16-3-5-17(21)6-4-16/h3-6,18H,2,7-15H2,1H3,(H,22,27). The van der Waals surface area contributed by atoms with Gasteiger partial charge in [0.15, 0.2) is 0 Å². The van der Waals surface area contributed by atoms with Crippen LogP contribution in [-0.2, 0) is 16.1 Å². The van der Waals surface area contributed by atoms with Crippen LogP contribution in [-0.4, -0.2) is 85.7 Å². The summed E-state index contributed by atoms with van der Waals surface area (Å²) in [4.78, 5) is 31.0. The van der Waals surface area contributed by atoms with E-state index in [-0.39, 0.29) is 23.8 Å². The third-order valence-electron chi connectivity index (χ3n) is 5.40. The van der Waals surface area contributed by atoms with Crippen molar-refractivity contribution >= 4 is 11.9 Å². The molecule has 1 atom stereocenters. The zero-order chi connectivity index (χ0) is 19.9. The maximum atomic E-state index is 13.1. The van der Waals surface area contributed by atoms with Gasteiger partial charge >= 0.3 is 6.03 Å². The Labute approximate surface area is 165 Å². The first-order chi connectivity index (χ1) is 13.6. The summed E-state index contributed by atoms with van der Waals surface area (Å²) >= 11 is 0. The Hall–Kier alpha value is -2.19. The second-order valence-corrected chi connectivity index (χ2v) is 7.29. The molecule has 2 saturated heterocycles. The molecule has 3 rings (SSSR count). The van der Waals surface area contributed by atoms with Crippen molar-refractivity contribution in [1.29, 1.82) is 0 Å². The minimum Gasteiger partial charge on any atom is -0.383 e. The predicted octanol–water partition coefficient (Wildman–Crippen LogP) is 1.29. The van der Waals surface area contributed by atoms with Crippen LogP contribution in [0.4, 0.5) is 9.18 Å². The first-order valence-corrected chi connectivity index (χ1v) is 9.87. The van der Waals surface area contributed by atoms with E-state index in [1.54, 1.807) is 19.2 Å². The smallest absolute Gasteiger partial charge is 0.317 e. The van der Waals surface area contributed by atoms with Crippen LogP contribution in [0, 0.1) is 5.82 Å². The number of urea groups is 1. The molecule has 1 aromatic carbocycles. The summed E-state index contributed by atoms with van der Waals surface area (Å²) in [6.07, 6.45) is 1.64. The number of methoxy groups -OCH3 is 1. The quantitative estimate of drug-likeness (QED) is 0.741. The molecule has 0 saturated carbocycles. The van der Waals surface area contributed by atoms with E-state index in [1.165, 1.54) is 12.1 Å². The minimum absolute atomic E-state index is 0.0745. The Bertz CT molecular complexity index is 670. The van der Waals surface area contributed by atoms with E-state index >= 15 is 0 Å². The second-order valence-electron chi connectivity index (χ2n) is 7.29. The molecule has 154 valence electrons. The van der Waals surface area contributed by atoms with Gasteiger partial charge < -0.3 is 19.9 Å². The van der Waals surface area contributed by atoms with Crippen LogP contribution in [0.2, 0.25) is 0 Å². The van der Waals surface area contributed by atoms with Crippen molar-refractivity contribution in [1.82, 2.24) is 20.0 Å². The molecule has 2 aliphatic heterocycles. The van der Waals surface area contributed by atoms with Crippen LogP contribution in [0.1, 0.15) is 18.4 Å². The maximum Gasteiger partial charge on any atom is 0.317 e. The number of carbonyl (C=O) groups is 2. The fourth-order valence-electron chi connectivity index (χ4n) is 3.85. The van der Waals surface area contributed by atoms with Crippen molar-refractivity contribution in [2.75, 3.05) is 53.0 Å². The maximum absolute atomic E-state index is 13.1. The third-order valence-corrected chi connectivity index (χ3v) is 5.40. The summed E-state index contributed by atoms with van der Waals surface area (Å²) < 4.78 is 18.0. The third kappa shape index (κ3) is 5.20. The van der Waals surface area contributed by atoms with Crippen LogP contribution in [0.5, 0.6) is 0 Å². The summed E-state index contributed by atoms with van der Waals surface area (Å²) in [5.41, 5.74) is 0.935. The number of carbonyl (C=O) groups excluding carboxylic acids is 2. The zero-order valence-corrected chi connectivity index (χ0v) is 16.4. The number of nitrogens with zero attached hydrogens (tertiary/aromatic N) is 3. The Morgan fingerprint density at radius 2 is 1.96 bits per heavy atom. The largest absolute Gasteiger partial charge is 0.383 e. The second kappa shape index (κ2) is 9.84. The van der Waals surface area contributed by atoms with Gasteiger partial charge in [0.05, 0.1) is 12.6 Å². The average Bonchev–Trinajstić information content (AvgIpc) is 2.90. The highest BCUT2D eigenvalue weighted by Gasteiger charge is 2.36. The SMILES string of the molecule is COCCNC(=O)N1CCCN(C2CCN(Cc3ccc(F)cc3)C2=O)CC1. The molecule has 1 N–H and O–H groups in total. The molecule has 0 bridgehead atoms. The van der Waals surface area contributed by atoms with Crippen molar-refractivity contribution in [3.63, 3.8) is 0 Å². The van der Waals surface area contributed by atoms with Gasteiger partial charge in [-0.15, -0.1) is 0 Å². The molecule has 8 heteroatoms. The average molecular weight is 392 g/mol. The number of nitrogens with one attached hydrogen (secondary N) is 1. The molecule has 7 nitrogen and oxygen atoms in total. The molecule has 28 heavy (non-hydrogen) atoms. The molecular formula is C20H29FN4O3. The van der Waals surface area contributed by atoms with Gasteiger partial charge in [-0.1, -0.05) is 12.1 Å². The van der Waals surface area contributed by atoms with E-state index in [4.69, 9.17) is 4.74 Å². The van der Waals surface area contributed by atoms with Crippen molar-refractivity contribution in [3.8, 4) is 0 Å². The Morgan fingerprint density at radius 3 is 2.71 bits per heavy atom. The highest BCUT2D eigenvalue weighted by atomic mass is 19.1. The zero-order valence-electron chi connectivity index (χ0n) is 16.4. The number of hydrogen-bond donors (Lipinski definition) is 1. The van der Waals surface area contributed by atoms with Gasteiger partial charge in [-0.25, -0.2) is 9.18 Å². The number of benzene rings is 1. The van der Waals surface area contributed by atoms with Gasteiger partial charge in [-0.3, -0.25) is 9.69 Å². The van der Waals surface area contributed by atoms with E-state index in [9.17, 15) is 14.0 Å². The van der Waals surface area contributed by atoms with E-state index < -0.39 is 0 Å². The van der Waals surface area contributed by atoms with E-state index in [0.29, 0.717) is 45.9 Å². The molecule has 2 heterocycles. The van der Waals surface area contributed by atoms with Gasteiger partial charge in [-0.2, -0.15) is 0 Å². The molecule has 1 unspecified atom stereocenters. The van der Waals surface area contributed by atoms with Crippen LogP contribution in [0.3, 0.4) is 0 Å². The van der Waals surface area contributed by atoms with E-state index in [2.05, 4.69) is 10.2 Å². The molecule has 0 spiro atoms. The molecule has 3 amide bonds. The molecule has 0 aromatic heterocycles. The van der Waals surface area contributed by atoms with Crippen LogP contribution in [0.15, 0.2) is 24.3 Å². The number of amides is 3. The van der Waals surface area contributed by atoms with Crippen LogP contribution in [0.25, 0.3) is 0 Å². The highest BCUT2D eigenvalue weighted by Crippen LogP contribution is 2.21. The number of ether oxygens (including phenoxy) is 1. The lowest BCUT2D eigenvalue weighted by Gasteiger charge is -2.26. The predicted molar refractivity (Wildman–Crippen MR) is 103 cm³/mol. The molecule has 0 radical (unpaired) electrons. The van der Waals surface area contributed by atoms with Gasteiger partial charge in [0.2, 0.25) is 5.91 Å². The van der Waals surface area contributed by atoms with Crippen LogP contribution < -0.4 is 5.32 Å². The summed E-state index contributed by atoms with van der Waals surface area (Å²) in [5, 5.41) is 2.85. The first-order valence-electron chi connectivity index (χ1n) is 9.87. The van der Waals surface area contributed by atoms with Crippen molar-refractivity contribution in [2.45, 2.75) is 25.4 Å². The van der Waals surface area contributed by atoms with Gasteiger partial charge in [-0.05, 0) is 30.5 Å². The molecule has 2 aliphatic rings. The summed E-state index contributed by atoms with van der Waals surface area (Å²) in [7, 11) is 1.61. The van der Waals surface area contributed by atoms with Gasteiger partial charge in [0.1, 0.15) is 5.82 Å².